The summed E-state index contributed by atoms with van der Waals surface area (Å²) < 4.78 is 6.53. The lowest BCUT2D eigenvalue weighted by Gasteiger charge is -2.01. The van der Waals surface area contributed by atoms with E-state index < -0.39 is 0 Å². The molecule has 14 heavy (non-hydrogen) atoms. The van der Waals surface area contributed by atoms with Gasteiger partial charge in [-0.25, -0.2) is 4.98 Å². The van der Waals surface area contributed by atoms with Gasteiger partial charge in [0.15, 0.2) is 5.16 Å². The first-order valence-electron chi connectivity index (χ1n) is 4.25. The van der Waals surface area contributed by atoms with Gasteiger partial charge in [-0.2, -0.15) is 0 Å². The zero-order valence-corrected chi connectivity index (χ0v) is 9.64. The molecule has 0 spiro atoms. The molecule has 0 atom stereocenters. The number of ether oxygens (including phenoxy) is 1. The molecule has 0 aromatic carbocycles. The monoisotopic (exact) mass is 214 g/mol. The Morgan fingerprint density at radius 1 is 1.57 bits per heavy atom. The molecule has 5 heteroatoms. The Labute approximate surface area is 87.7 Å². The van der Waals surface area contributed by atoms with Crippen LogP contribution in [0.2, 0.25) is 0 Å². The highest BCUT2D eigenvalue weighted by molar-refractivity contribution is 7.99. The highest BCUT2D eigenvalue weighted by Crippen LogP contribution is 2.19. The van der Waals surface area contributed by atoms with E-state index in [0.29, 0.717) is 5.75 Å². The van der Waals surface area contributed by atoms with Crippen LogP contribution in [0.5, 0.6) is 0 Å². The van der Waals surface area contributed by atoms with E-state index in [0.717, 1.165) is 16.5 Å². The minimum atomic E-state index is -0.228. The van der Waals surface area contributed by atoms with Gasteiger partial charge in [-0.1, -0.05) is 11.8 Å². The topological polar surface area (TPSA) is 44.1 Å². The van der Waals surface area contributed by atoms with Crippen molar-refractivity contribution in [2.24, 2.45) is 7.05 Å². The molecule has 4 nitrogen and oxygen atoms in total. The zero-order valence-electron chi connectivity index (χ0n) is 8.83. The van der Waals surface area contributed by atoms with Gasteiger partial charge in [0.05, 0.1) is 18.6 Å². The second kappa shape index (κ2) is 4.50. The molecule has 0 amide bonds. The van der Waals surface area contributed by atoms with Crippen LogP contribution >= 0.6 is 11.8 Å². The highest BCUT2D eigenvalue weighted by Gasteiger charge is 2.10. The van der Waals surface area contributed by atoms with Crippen LogP contribution in [0.1, 0.15) is 11.4 Å². The number of carbonyl (C=O) groups excluding carboxylic acids is 1. The molecule has 0 bridgehead atoms. The number of rotatable bonds is 3. The van der Waals surface area contributed by atoms with Gasteiger partial charge < -0.3 is 9.30 Å². The van der Waals surface area contributed by atoms with E-state index in [4.69, 9.17) is 0 Å². The van der Waals surface area contributed by atoms with Crippen molar-refractivity contribution in [3.63, 3.8) is 0 Å². The number of imidazole rings is 1. The summed E-state index contributed by atoms with van der Waals surface area (Å²) in [5, 5.41) is 0.852. The van der Waals surface area contributed by atoms with Gasteiger partial charge in [0.25, 0.3) is 0 Å². The van der Waals surface area contributed by atoms with Crippen molar-refractivity contribution >= 4 is 17.7 Å². The van der Waals surface area contributed by atoms with Crippen LogP contribution in [0, 0.1) is 13.8 Å². The number of carbonyl (C=O) groups is 1. The van der Waals surface area contributed by atoms with E-state index in [-0.39, 0.29) is 5.97 Å². The summed E-state index contributed by atoms with van der Waals surface area (Å²) in [4.78, 5) is 15.2. The van der Waals surface area contributed by atoms with Crippen molar-refractivity contribution in [1.29, 1.82) is 0 Å². The van der Waals surface area contributed by atoms with Crippen LogP contribution < -0.4 is 0 Å². The molecule has 0 fully saturated rings. The quantitative estimate of drug-likeness (QED) is 0.562. The third-order valence-electron chi connectivity index (χ3n) is 2.12. The number of aromatic nitrogens is 2. The van der Waals surface area contributed by atoms with E-state index in [1.807, 2.05) is 25.5 Å². The molecule has 0 aliphatic carbocycles. The van der Waals surface area contributed by atoms with Crippen LogP contribution in [-0.2, 0) is 16.6 Å². The van der Waals surface area contributed by atoms with Crippen LogP contribution in [0.4, 0.5) is 0 Å². The normalized spacial score (nSPS) is 10.3. The Morgan fingerprint density at radius 2 is 2.21 bits per heavy atom. The summed E-state index contributed by atoms with van der Waals surface area (Å²) in [7, 11) is 3.33. The number of methoxy groups -OCH3 is 1. The molecule has 0 aliphatic heterocycles. The Kier molecular flexibility index (Phi) is 3.57. The number of hydrogen-bond acceptors (Lipinski definition) is 4. The minimum absolute atomic E-state index is 0.228. The Balaban J connectivity index is 2.68. The van der Waals surface area contributed by atoms with Crippen molar-refractivity contribution in [2.75, 3.05) is 12.9 Å². The Hall–Kier alpha value is -0.970. The van der Waals surface area contributed by atoms with Gasteiger partial charge in [-0.05, 0) is 13.8 Å². The van der Waals surface area contributed by atoms with Gasteiger partial charge >= 0.3 is 5.97 Å². The first-order chi connectivity index (χ1) is 6.56. The van der Waals surface area contributed by atoms with E-state index in [9.17, 15) is 4.79 Å². The number of nitrogens with zero attached hydrogens (tertiary/aromatic N) is 2. The molecule has 0 saturated heterocycles. The summed E-state index contributed by atoms with van der Waals surface area (Å²) in [6, 6.07) is 0. The van der Waals surface area contributed by atoms with Gasteiger partial charge in [0.2, 0.25) is 0 Å². The largest absolute Gasteiger partial charge is 0.468 e. The Morgan fingerprint density at radius 3 is 2.64 bits per heavy atom. The maximum Gasteiger partial charge on any atom is 0.316 e. The van der Waals surface area contributed by atoms with Gasteiger partial charge in [0, 0.05) is 12.7 Å². The van der Waals surface area contributed by atoms with E-state index in [2.05, 4.69) is 9.72 Å². The number of aryl methyl sites for hydroxylation is 1. The van der Waals surface area contributed by atoms with Crippen molar-refractivity contribution in [3.05, 3.63) is 11.4 Å². The van der Waals surface area contributed by atoms with Crippen LogP contribution in [0.15, 0.2) is 5.16 Å². The fourth-order valence-electron chi connectivity index (χ4n) is 0.997. The summed E-state index contributed by atoms with van der Waals surface area (Å²) in [5.41, 5.74) is 2.12. The molecular weight excluding hydrogens is 200 g/mol. The molecule has 78 valence electrons. The maximum atomic E-state index is 10.9. The van der Waals surface area contributed by atoms with Crippen LogP contribution in [0.3, 0.4) is 0 Å². The summed E-state index contributed by atoms with van der Waals surface area (Å²) >= 11 is 1.39. The molecule has 0 saturated carbocycles. The average molecular weight is 214 g/mol. The van der Waals surface area contributed by atoms with E-state index in [1.54, 1.807) is 0 Å². The predicted octanol–water partition coefficient (Wildman–Crippen LogP) is 1.30. The molecular formula is C9H14N2O2S. The maximum absolute atomic E-state index is 10.9. The predicted molar refractivity (Wildman–Crippen MR) is 55.4 cm³/mol. The fourth-order valence-corrected chi connectivity index (χ4v) is 1.89. The summed E-state index contributed by atoms with van der Waals surface area (Å²) in [5.74, 6) is 0.0774. The zero-order chi connectivity index (χ0) is 10.7. The van der Waals surface area contributed by atoms with E-state index >= 15 is 0 Å². The van der Waals surface area contributed by atoms with Gasteiger partial charge in [0.1, 0.15) is 0 Å². The molecule has 1 aromatic rings. The highest BCUT2D eigenvalue weighted by atomic mass is 32.2. The first-order valence-corrected chi connectivity index (χ1v) is 5.24. The van der Waals surface area contributed by atoms with Crippen molar-refractivity contribution in [3.8, 4) is 0 Å². The molecule has 0 radical (unpaired) electrons. The lowest BCUT2D eigenvalue weighted by molar-refractivity contribution is -0.137. The molecule has 1 aromatic heterocycles. The van der Waals surface area contributed by atoms with Gasteiger partial charge in [-0.15, -0.1) is 0 Å². The minimum Gasteiger partial charge on any atom is -0.468 e. The van der Waals surface area contributed by atoms with Crippen molar-refractivity contribution in [2.45, 2.75) is 19.0 Å². The smallest absolute Gasteiger partial charge is 0.316 e. The molecule has 0 N–H and O–H groups in total. The number of thioether (sulfide) groups is 1. The van der Waals surface area contributed by atoms with Crippen LogP contribution in [-0.4, -0.2) is 28.4 Å². The SMILES string of the molecule is COC(=O)CSc1nc(C)c(C)n1C. The molecule has 0 aliphatic rings. The lowest BCUT2D eigenvalue weighted by atomic mass is 10.4. The molecule has 1 heterocycles. The summed E-state index contributed by atoms with van der Waals surface area (Å²) in [6.07, 6.45) is 0. The molecule has 0 unspecified atom stereocenters. The third kappa shape index (κ3) is 2.29. The third-order valence-corrected chi connectivity index (χ3v) is 3.13. The van der Waals surface area contributed by atoms with E-state index in [1.165, 1.54) is 18.9 Å². The van der Waals surface area contributed by atoms with Crippen molar-refractivity contribution in [1.82, 2.24) is 9.55 Å². The van der Waals surface area contributed by atoms with Crippen LogP contribution in [0.25, 0.3) is 0 Å². The second-order valence-electron chi connectivity index (χ2n) is 2.99. The average Bonchev–Trinajstić information content (AvgIpc) is 2.42. The second-order valence-corrected chi connectivity index (χ2v) is 3.93. The number of hydrogen-bond donors (Lipinski definition) is 0. The number of esters is 1. The Bertz CT molecular complexity index is 347. The van der Waals surface area contributed by atoms with Crippen molar-refractivity contribution < 1.29 is 9.53 Å². The van der Waals surface area contributed by atoms with Gasteiger partial charge in [-0.3, -0.25) is 4.79 Å². The standard InChI is InChI=1S/C9H14N2O2S/c1-6-7(2)11(3)9(10-6)14-5-8(12)13-4/h5H2,1-4H3. The lowest BCUT2D eigenvalue weighted by Crippen LogP contribution is -2.04. The molecule has 1 rings (SSSR count). The summed E-state index contributed by atoms with van der Waals surface area (Å²) in [6.45, 7) is 3.96. The first kappa shape index (κ1) is 11.1. The fraction of sp³-hybridized carbons (Fsp3) is 0.556.